The number of aliphatic hydroxyl groups is 1. The van der Waals surface area contributed by atoms with E-state index in [4.69, 9.17) is 14.9 Å². The monoisotopic (exact) mass is 246 g/mol. The molecule has 1 saturated heterocycles. The molecule has 17 heavy (non-hydrogen) atoms. The summed E-state index contributed by atoms with van der Waals surface area (Å²) in [6.45, 7) is 2.20. The molecule has 2 unspecified atom stereocenters. The van der Waals surface area contributed by atoms with Gasteiger partial charge in [-0.25, -0.2) is 9.59 Å². The third-order valence-electron chi connectivity index (χ3n) is 2.84. The van der Waals surface area contributed by atoms with Gasteiger partial charge in [0.2, 0.25) is 0 Å². The molecule has 1 heterocycles. The van der Waals surface area contributed by atoms with Crippen LogP contribution >= 0.6 is 0 Å². The van der Waals surface area contributed by atoms with Crippen molar-refractivity contribution in [3.63, 3.8) is 0 Å². The Bertz CT molecular complexity index is 296. The fourth-order valence-corrected chi connectivity index (χ4v) is 1.51. The van der Waals surface area contributed by atoms with Gasteiger partial charge in [0, 0.05) is 13.6 Å². The number of nitrogens with zero attached hydrogens (tertiary/aromatic N) is 2. The van der Waals surface area contributed by atoms with Gasteiger partial charge in [-0.2, -0.15) is 0 Å². The number of carboxylic acid groups (broad SMARTS) is 1. The molecule has 0 spiro atoms. The van der Waals surface area contributed by atoms with Crippen LogP contribution in [0.15, 0.2) is 0 Å². The molecule has 2 N–H and O–H groups in total. The first-order chi connectivity index (χ1) is 7.97. The van der Waals surface area contributed by atoms with Crippen molar-refractivity contribution in [1.29, 1.82) is 0 Å². The molecular formula is C10H18N2O5. The minimum absolute atomic E-state index is 0.0383. The fraction of sp³-hybridized carbons (Fsp3) is 0.800. The third kappa shape index (κ3) is 3.31. The number of likely N-dealkylation sites (N-methyl/N-ethyl adjacent to an activating group) is 1. The summed E-state index contributed by atoms with van der Waals surface area (Å²) in [5.74, 6) is -1.07. The van der Waals surface area contributed by atoms with Crippen LogP contribution in [0.4, 0.5) is 4.79 Å². The second-order valence-corrected chi connectivity index (χ2v) is 4.07. The summed E-state index contributed by atoms with van der Waals surface area (Å²) in [5, 5.41) is 17.8. The minimum Gasteiger partial charge on any atom is -0.479 e. The highest BCUT2D eigenvalue weighted by Crippen LogP contribution is 2.09. The normalized spacial score (nSPS) is 22.1. The maximum Gasteiger partial charge on any atom is 0.334 e. The van der Waals surface area contributed by atoms with Crippen LogP contribution in [0.2, 0.25) is 0 Å². The molecule has 0 radical (unpaired) electrons. The van der Waals surface area contributed by atoms with E-state index in [0.29, 0.717) is 6.54 Å². The van der Waals surface area contributed by atoms with Gasteiger partial charge >= 0.3 is 12.0 Å². The third-order valence-corrected chi connectivity index (χ3v) is 2.84. The summed E-state index contributed by atoms with van der Waals surface area (Å²) >= 11 is 0. The number of aliphatic hydroxyl groups excluding tert-OH is 1. The lowest BCUT2D eigenvalue weighted by atomic mass is 10.2. The first-order valence-corrected chi connectivity index (χ1v) is 5.44. The summed E-state index contributed by atoms with van der Waals surface area (Å²) in [6.07, 6.45) is -0.967. The average molecular weight is 246 g/mol. The second kappa shape index (κ2) is 5.83. The number of rotatable bonds is 3. The number of amides is 2. The van der Waals surface area contributed by atoms with Crippen molar-refractivity contribution in [2.75, 3.05) is 33.4 Å². The van der Waals surface area contributed by atoms with E-state index in [2.05, 4.69) is 0 Å². The lowest BCUT2D eigenvalue weighted by Crippen LogP contribution is -2.54. The lowest BCUT2D eigenvalue weighted by molar-refractivity contribution is -0.154. The maximum atomic E-state index is 12.0. The lowest BCUT2D eigenvalue weighted by Gasteiger charge is -2.35. The van der Waals surface area contributed by atoms with Gasteiger partial charge in [0.1, 0.15) is 0 Å². The van der Waals surface area contributed by atoms with Crippen molar-refractivity contribution >= 4 is 12.0 Å². The van der Waals surface area contributed by atoms with Crippen molar-refractivity contribution in [3.05, 3.63) is 0 Å². The largest absolute Gasteiger partial charge is 0.479 e. The van der Waals surface area contributed by atoms with Crippen LogP contribution in [-0.2, 0) is 9.53 Å². The minimum atomic E-state index is -1.07. The topological polar surface area (TPSA) is 90.3 Å². The number of aliphatic carboxylic acids is 1. The molecule has 7 heteroatoms. The van der Waals surface area contributed by atoms with Crippen molar-refractivity contribution in [2.45, 2.75) is 19.1 Å². The molecular weight excluding hydrogens is 228 g/mol. The molecule has 0 saturated carbocycles. The van der Waals surface area contributed by atoms with E-state index >= 15 is 0 Å². The van der Waals surface area contributed by atoms with Crippen LogP contribution in [0.5, 0.6) is 0 Å². The molecule has 0 aromatic heterocycles. The molecule has 1 rings (SSSR count). The molecule has 2 atom stereocenters. The van der Waals surface area contributed by atoms with Crippen LogP contribution in [0.3, 0.4) is 0 Å². The van der Waals surface area contributed by atoms with Gasteiger partial charge in [0.05, 0.1) is 25.8 Å². The average Bonchev–Trinajstić information content (AvgIpc) is 2.36. The van der Waals surface area contributed by atoms with Crippen molar-refractivity contribution in [1.82, 2.24) is 9.80 Å². The van der Waals surface area contributed by atoms with Crippen LogP contribution in [0.25, 0.3) is 0 Å². The van der Waals surface area contributed by atoms with Gasteiger partial charge in [-0.05, 0) is 6.92 Å². The first kappa shape index (κ1) is 13.7. The highest BCUT2D eigenvalue weighted by molar-refractivity contribution is 5.77. The predicted octanol–water partition coefficient (Wildman–Crippen LogP) is -0.796. The smallest absolute Gasteiger partial charge is 0.334 e. The molecule has 1 fully saturated rings. The van der Waals surface area contributed by atoms with Crippen LogP contribution in [-0.4, -0.2) is 77.5 Å². The summed E-state index contributed by atoms with van der Waals surface area (Å²) in [4.78, 5) is 25.5. The Morgan fingerprint density at radius 2 is 2.24 bits per heavy atom. The zero-order chi connectivity index (χ0) is 13.0. The van der Waals surface area contributed by atoms with E-state index in [0.717, 1.165) is 0 Å². The molecule has 7 nitrogen and oxygen atoms in total. The van der Waals surface area contributed by atoms with Gasteiger partial charge in [-0.15, -0.1) is 0 Å². The Labute approximate surface area is 99.6 Å². The van der Waals surface area contributed by atoms with Crippen molar-refractivity contribution in [3.8, 4) is 0 Å². The Morgan fingerprint density at radius 3 is 2.76 bits per heavy atom. The summed E-state index contributed by atoms with van der Waals surface area (Å²) in [7, 11) is 1.58. The number of carbonyl (C=O) groups is 2. The van der Waals surface area contributed by atoms with Gasteiger partial charge in [-0.1, -0.05) is 0 Å². The van der Waals surface area contributed by atoms with Gasteiger partial charge in [0.25, 0.3) is 0 Å². The predicted molar refractivity (Wildman–Crippen MR) is 58.7 cm³/mol. The number of hydrogen-bond acceptors (Lipinski definition) is 4. The highest BCUT2D eigenvalue weighted by atomic mass is 16.5. The SMILES string of the molecule is CC(CO)N(C)C(=O)N1CCOC(C(=O)O)C1. The Morgan fingerprint density at radius 1 is 1.59 bits per heavy atom. The molecule has 0 bridgehead atoms. The highest BCUT2D eigenvalue weighted by Gasteiger charge is 2.31. The summed E-state index contributed by atoms with van der Waals surface area (Å²) < 4.78 is 5.02. The van der Waals surface area contributed by atoms with E-state index < -0.39 is 12.1 Å². The van der Waals surface area contributed by atoms with Gasteiger partial charge in [-0.3, -0.25) is 0 Å². The number of urea groups is 1. The molecule has 0 aromatic rings. The fourth-order valence-electron chi connectivity index (χ4n) is 1.51. The van der Waals surface area contributed by atoms with Crippen molar-refractivity contribution in [2.24, 2.45) is 0 Å². The summed E-state index contributed by atoms with van der Waals surface area (Å²) in [5.41, 5.74) is 0. The molecule has 1 aliphatic heterocycles. The molecule has 2 amide bonds. The zero-order valence-corrected chi connectivity index (χ0v) is 10.00. The first-order valence-electron chi connectivity index (χ1n) is 5.44. The van der Waals surface area contributed by atoms with E-state index in [1.165, 1.54) is 9.80 Å². The van der Waals surface area contributed by atoms with Gasteiger partial charge in [0.15, 0.2) is 6.10 Å². The zero-order valence-electron chi connectivity index (χ0n) is 10.00. The number of carbonyl (C=O) groups excluding carboxylic acids is 1. The van der Waals surface area contributed by atoms with Crippen LogP contribution in [0.1, 0.15) is 6.92 Å². The van der Waals surface area contributed by atoms with E-state index in [-0.39, 0.29) is 31.8 Å². The standard InChI is InChI=1S/C10H18N2O5/c1-7(6-13)11(2)10(16)12-3-4-17-8(5-12)9(14)15/h7-8,13H,3-6H2,1-2H3,(H,14,15). The van der Waals surface area contributed by atoms with Gasteiger partial charge < -0.3 is 24.7 Å². The number of morpholine rings is 1. The number of ether oxygens (including phenoxy) is 1. The number of hydrogen-bond donors (Lipinski definition) is 2. The van der Waals surface area contributed by atoms with E-state index in [9.17, 15) is 9.59 Å². The number of carboxylic acids is 1. The van der Waals surface area contributed by atoms with Crippen LogP contribution < -0.4 is 0 Å². The Kier molecular flexibility index (Phi) is 4.71. The Hall–Kier alpha value is -1.34. The van der Waals surface area contributed by atoms with Crippen LogP contribution in [0, 0.1) is 0 Å². The second-order valence-electron chi connectivity index (χ2n) is 4.07. The Balaban J connectivity index is 2.60. The van der Waals surface area contributed by atoms with Crippen molar-refractivity contribution < 1.29 is 24.5 Å². The maximum absolute atomic E-state index is 12.0. The molecule has 0 aliphatic carbocycles. The quantitative estimate of drug-likeness (QED) is 0.680. The molecule has 98 valence electrons. The summed E-state index contributed by atoms with van der Waals surface area (Å²) in [6, 6.07) is -0.588. The van der Waals surface area contributed by atoms with E-state index in [1.807, 2.05) is 0 Å². The molecule has 0 aromatic carbocycles. The van der Waals surface area contributed by atoms with E-state index in [1.54, 1.807) is 14.0 Å². The molecule has 1 aliphatic rings.